The van der Waals surface area contributed by atoms with E-state index in [-0.39, 0.29) is 5.91 Å². The fourth-order valence-electron chi connectivity index (χ4n) is 3.08. The van der Waals surface area contributed by atoms with Gasteiger partial charge in [0.1, 0.15) is 5.82 Å². The minimum absolute atomic E-state index is 0.143. The van der Waals surface area contributed by atoms with E-state index in [0.29, 0.717) is 10.7 Å². The predicted octanol–water partition coefficient (Wildman–Crippen LogP) is 2.75. The van der Waals surface area contributed by atoms with Crippen LogP contribution >= 0.6 is 11.6 Å². The van der Waals surface area contributed by atoms with Crippen molar-refractivity contribution in [1.82, 2.24) is 14.8 Å². The SMILES string of the molecule is NC1(C(=O)Nc2ccc(Cl)c(-c3nnc4n3CCCCC4)c2)CC1. The van der Waals surface area contributed by atoms with Gasteiger partial charge in [0.15, 0.2) is 5.82 Å². The molecule has 3 N–H and O–H groups in total. The quantitative estimate of drug-likeness (QED) is 0.895. The van der Waals surface area contributed by atoms with Crippen molar-refractivity contribution in [3.8, 4) is 11.4 Å². The van der Waals surface area contributed by atoms with E-state index in [1.165, 1.54) is 6.42 Å². The third kappa shape index (κ3) is 2.80. The molecule has 7 heteroatoms. The number of carbonyl (C=O) groups is 1. The Bertz CT molecular complexity index is 796. The van der Waals surface area contributed by atoms with E-state index in [1.807, 2.05) is 6.07 Å². The van der Waals surface area contributed by atoms with Gasteiger partial charge in [-0.3, -0.25) is 4.79 Å². The van der Waals surface area contributed by atoms with Crippen molar-refractivity contribution in [2.24, 2.45) is 5.73 Å². The average molecular weight is 346 g/mol. The van der Waals surface area contributed by atoms with Crippen molar-refractivity contribution < 1.29 is 4.79 Å². The highest BCUT2D eigenvalue weighted by Crippen LogP contribution is 2.35. The summed E-state index contributed by atoms with van der Waals surface area (Å²) in [7, 11) is 0. The van der Waals surface area contributed by atoms with Crippen LogP contribution in [0, 0.1) is 0 Å². The van der Waals surface area contributed by atoms with Gasteiger partial charge in [-0.25, -0.2) is 0 Å². The lowest BCUT2D eigenvalue weighted by molar-refractivity contribution is -0.118. The zero-order valence-electron chi connectivity index (χ0n) is 13.4. The average Bonchev–Trinajstić information content (AvgIpc) is 3.27. The molecule has 0 saturated heterocycles. The van der Waals surface area contributed by atoms with Crippen LogP contribution in [0.4, 0.5) is 5.69 Å². The summed E-state index contributed by atoms with van der Waals surface area (Å²) in [6, 6.07) is 5.42. The van der Waals surface area contributed by atoms with Gasteiger partial charge in [0.25, 0.3) is 0 Å². The van der Waals surface area contributed by atoms with Gasteiger partial charge in [0, 0.05) is 24.2 Å². The number of aromatic nitrogens is 3. The monoisotopic (exact) mass is 345 g/mol. The highest BCUT2D eigenvalue weighted by molar-refractivity contribution is 6.33. The predicted molar refractivity (Wildman–Crippen MR) is 92.8 cm³/mol. The molecule has 0 radical (unpaired) electrons. The van der Waals surface area contributed by atoms with Crippen LogP contribution in [0.3, 0.4) is 0 Å². The number of rotatable bonds is 3. The molecule has 4 rings (SSSR count). The van der Waals surface area contributed by atoms with E-state index in [4.69, 9.17) is 17.3 Å². The van der Waals surface area contributed by atoms with Gasteiger partial charge >= 0.3 is 0 Å². The molecule has 24 heavy (non-hydrogen) atoms. The Morgan fingerprint density at radius 3 is 2.88 bits per heavy atom. The van der Waals surface area contributed by atoms with Crippen LogP contribution in [-0.4, -0.2) is 26.2 Å². The molecule has 1 aliphatic heterocycles. The Balaban J connectivity index is 1.67. The zero-order valence-corrected chi connectivity index (χ0v) is 14.1. The smallest absolute Gasteiger partial charge is 0.244 e. The molecule has 6 nitrogen and oxygen atoms in total. The molecule has 0 unspecified atom stereocenters. The van der Waals surface area contributed by atoms with E-state index in [2.05, 4.69) is 20.1 Å². The summed E-state index contributed by atoms with van der Waals surface area (Å²) in [5.74, 6) is 1.63. The first-order chi connectivity index (χ1) is 11.6. The van der Waals surface area contributed by atoms with E-state index >= 15 is 0 Å². The summed E-state index contributed by atoms with van der Waals surface area (Å²) in [5, 5.41) is 12.1. The normalized spacial score (nSPS) is 18.6. The highest BCUT2D eigenvalue weighted by atomic mass is 35.5. The second-order valence-corrected chi connectivity index (χ2v) is 7.11. The number of aryl methyl sites for hydroxylation is 1. The number of benzene rings is 1. The largest absolute Gasteiger partial charge is 0.324 e. The molecule has 2 heterocycles. The molecule has 126 valence electrons. The number of anilines is 1. The number of fused-ring (bicyclic) bond motifs is 1. The first-order valence-corrected chi connectivity index (χ1v) is 8.77. The van der Waals surface area contributed by atoms with Crippen molar-refractivity contribution in [1.29, 1.82) is 0 Å². The van der Waals surface area contributed by atoms with E-state index in [0.717, 1.165) is 55.9 Å². The number of nitrogens with two attached hydrogens (primary N) is 1. The van der Waals surface area contributed by atoms with Crippen molar-refractivity contribution >= 4 is 23.2 Å². The molecular weight excluding hydrogens is 326 g/mol. The second kappa shape index (κ2) is 5.86. The van der Waals surface area contributed by atoms with Gasteiger partial charge in [-0.05, 0) is 43.9 Å². The first-order valence-electron chi connectivity index (χ1n) is 8.39. The fourth-order valence-corrected chi connectivity index (χ4v) is 3.28. The number of hydrogen-bond donors (Lipinski definition) is 2. The molecule has 0 bridgehead atoms. The molecular formula is C17H20ClN5O. The topological polar surface area (TPSA) is 85.8 Å². The lowest BCUT2D eigenvalue weighted by Crippen LogP contribution is -2.37. The number of amides is 1. The van der Waals surface area contributed by atoms with Gasteiger partial charge in [0.2, 0.25) is 5.91 Å². The summed E-state index contributed by atoms with van der Waals surface area (Å²) < 4.78 is 2.14. The van der Waals surface area contributed by atoms with Crippen LogP contribution < -0.4 is 11.1 Å². The van der Waals surface area contributed by atoms with Crippen molar-refractivity contribution in [2.45, 2.75) is 50.6 Å². The Labute approximate surface area is 145 Å². The second-order valence-electron chi connectivity index (χ2n) is 6.71. The van der Waals surface area contributed by atoms with Crippen LogP contribution in [0.2, 0.25) is 5.02 Å². The number of nitrogens with one attached hydrogen (secondary N) is 1. The Kier molecular flexibility index (Phi) is 3.81. The van der Waals surface area contributed by atoms with E-state index in [1.54, 1.807) is 12.1 Å². The number of nitrogens with zero attached hydrogens (tertiary/aromatic N) is 3. The van der Waals surface area contributed by atoms with Gasteiger partial charge in [-0.1, -0.05) is 18.0 Å². The number of carbonyl (C=O) groups excluding carboxylic acids is 1. The van der Waals surface area contributed by atoms with E-state index < -0.39 is 5.54 Å². The van der Waals surface area contributed by atoms with Crippen LogP contribution in [0.1, 0.15) is 37.9 Å². The lowest BCUT2D eigenvalue weighted by Gasteiger charge is -2.13. The van der Waals surface area contributed by atoms with Gasteiger partial charge in [-0.15, -0.1) is 10.2 Å². The van der Waals surface area contributed by atoms with Gasteiger partial charge in [0.05, 0.1) is 10.6 Å². The van der Waals surface area contributed by atoms with Crippen LogP contribution in [0.25, 0.3) is 11.4 Å². The summed E-state index contributed by atoms with van der Waals surface area (Å²) in [4.78, 5) is 12.2. The molecule has 0 spiro atoms. The summed E-state index contributed by atoms with van der Waals surface area (Å²) in [6.45, 7) is 0.899. The maximum Gasteiger partial charge on any atom is 0.244 e. The molecule has 0 atom stereocenters. The fraction of sp³-hybridized carbons (Fsp3) is 0.471. The van der Waals surface area contributed by atoms with Gasteiger partial charge in [-0.2, -0.15) is 0 Å². The minimum atomic E-state index is -0.703. The van der Waals surface area contributed by atoms with Crippen LogP contribution in [0.15, 0.2) is 18.2 Å². The number of hydrogen-bond acceptors (Lipinski definition) is 4. The summed E-state index contributed by atoms with van der Waals surface area (Å²) in [6.07, 6.45) is 5.86. The molecule has 2 aromatic rings. The van der Waals surface area contributed by atoms with Crippen molar-refractivity contribution in [3.05, 3.63) is 29.0 Å². The molecule has 1 aromatic heterocycles. The lowest BCUT2D eigenvalue weighted by atomic mass is 10.1. The Morgan fingerprint density at radius 2 is 2.08 bits per heavy atom. The first kappa shape index (κ1) is 15.6. The standard InChI is InChI=1S/C17H20ClN5O/c18-13-6-5-11(20-16(24)17(19)7-8-17)10-12(13)15-22-21-14-4-2-1-3-9-23(14)15/h5-6,10H,1-4,7-9,19H2,(H,20,24). The minimum Gasteiger partial charge on any atom is -0.324 e. The Hall–Kier alpha value is -1.92. The molecule has 1 fully saturated rings. The van der Waals surface area contributed by atoms with Crippen LogP contribution in [-0.2, 0) is 17.8 Å². The maximum atomic E-state index is 12.2. The molecule has 1 aromatic carbocycles. The van der Waals surface area contributed by atoms with Gasteiger partial charge < -0.3 is 15.6 Å². The highest BCUT2D eigenvalue weighted by Gasteiger charge is 2.45. The van der Waals surface area contributed by atoms with Crippen molar-refractivity contribution in [3.63, 3.8) is 0 Å². The third-order valence-electron chi connectivity index (χ3n) is 4.82. The Morgan fingerprint density at radius 1 is 1.25 bits per heavy atom. The molecule has 1 amide bonds. The third-order valence-corrected chi connectivity index (χ3v) is 5.15. The number of halogens is 1. The zero-order chi connectivity index (χ0) is 16.7. The molecule has 1 aliphatic carbocycles. The van der Waals surface area contributed by atoms with E-state index in [9.17, 15) is 4.79 Å². The maximum absolute atomic E-state index is 12.2. The molecule has 2 aliphatic rings. The summed E-state index contributed by atoms with van der Waals surface area (Å²) >= 11 is 6.39. The van der Waals surface area contributed by atoms with Crippen molar-refractivity contribution in [2.75, 3.05) is 5.32 Å². The molecule has 1 saturated carbocycles. The summed E-state index contributed by atoms with van der Waals surface area (Å²) in [5.41, 5.74) is 6.71. The van der Waals surface area contributed by atoms with Crippen LogP contribution in [0.5, 0.6) is 0 Å².